The molecule has 1 rings (SSSR count). The van der Waals surface area contributed by atoms with Crippen LogP contribution < -0.4 is 0 Å². The van der Waals surface area contributed by atoms with Crippen LogP contribution in [-0.4, -0.2) is 52.6 Å². The highest BCUT2D eigenvalue weighted by Gasteiger charge is 2.42. The van der Waals surface area contributed by atoms with Gasteiger partial charge in [0.15, 0.2) is 6.29 Å². The zero-order valence-electron chi connectivity index (χ0n) is 9.17. The molecular weight excluding hydrogens is 200 g/mol. The van der Waals surface area contributed by atoms with E-state index in [9.17, 15) is 15.3 Å². The van der Waals surface area contributed by atoms with E-state index >= 15 is 0 Å². The van der Waals surface area contributed by atoms with Crippen molar-refractivity contribution in [2.45, 2.75) is 57.4 Å². The second kappa shape index (κ2) is 5.77. The van der Waals surface area contributed by atoms with Gasteiger partial charge in [-0.3, -0.25) is 0 Å². The van der Waals surface area contributed by atoms with Crippen LogP contribution in [-0.2, 0) is 9.47 Å². The van der Waals surface area contributed by atoms with Gasteiger partial charge in [-0.05, 0) is 13.3 Å². The van der Waals surface area contributed by atoms with Gasteiger partial charge in [-0.25, -0.2) is 0 Å². The van der Waals surface area contributed by atoms with E-state index in [2.05, 4.69) is 0 Å². The number of rotatable bonds is 4. The monoisotopic (exact) mass is 220 g/mol. The molecule has 5 atom stereocenters. The summed E-state index contributed by atoms with van der Waals surface area (Å²) in [6, 6.07) is 0. The van der Waals surface area contributed by atoms with Crippen molar-refractivity contribution in [2.75, 3.05) is 6.61 Å². The highest BCUT2D eigenvalue weighted by molar-refractivity contribution is 4.87. The number of aliphatic hydroxyl groups excluding tert-OH is 3. The Balaban J connectivity index is 2.49. The van der Waals surface area contributed by atoms with Gasteiger partial charge in [0.25, 0.3) is 0 Å². The van der Waals surface area contributed by atoms with Gasteiger partial charge in [0, 0.05) is 6.61 Å². The maximum Gasteiger partial charge on any atom is 0.183 e. The fraction of sp³-hybridized carbons (Fsp3) is 1.00. The van der Waals surface area contributed by atoms with Gasteiger partial charge in [0.1, 0.15) is 18.3 Å². The van der Waals surface area contributed by atoms with Gasteiger partial charge in [-0.2, -0.15) is 0 Å². The Labute approximate surface area is 89.6 Å². The van der Waals surface area contributed by atoms with Gasteiger partial charge < -0.3 is 24.8 Å². The van der Waals surface area contributed by atoms with Crippen LogP contribution in [0.4, 0.5) is 0 Å². The average molecular weight is 220 g/mol. The molecule has 0 saturated carbocycles. The van der Waals surface area contributed by atoms with Gasteiger partial charge in [-0.1, -0.05) is 13.3 Å². The standard InChI is InChI=1S/C10H20O5/c1-3-4-5-14-9-7(11)6(2)15-10(13)8(9)12/h6-13H,3-5H2,1-2H3/t6-,7+,8-,9+,10+/m0/s1. The number of hydrogen-bond acceptors (Lipinski definition) is 5. The van der Waals surface area contributed by atoms with E-state index in [1.54, 1.807) is 6.92 Å². The summed E-state index contributed by atoms with van der Waals surface area (Å²) < 4.78 is 10.3. The molecule has 0 amide bonds. The van der Waals surface area contributed by atoms with Crippen molar-refractivity contribution in [3.8, 4) is 0 Å². The molecule has 1 heterocycles. The Morgan fingerprint density at radius 1 is 1.20 bits per heavy atom. The summed E-state index contributed by atoms with van der Waals surface area (Å²) in [7, 11) is 0. The minimum Gasteiger partial charge on any atom is -0.388 e. The van der Waals surface area contributed by atoms with E-state index in [1.165, 1.54) is 0 Å². The summed E-state index contributed by atoms with van der Waals surface area (Å²) in [5.41, 5.74) is 0. The molecule has 0 unspecified atom stereocenters. The molecule has 5 heteroatoms. The molecular formula is C10H20O5. The van der Waals surface area contributed by atoms with Crippen LogP contribution in [0.5, 0.6) is 0 Å². The van der Waals surface area contributed by atoms with Crippen LogP contribution in [0.1, 0.15) is 26.7 Å². The summed E-state index contributed by atoms with van der Waals surface area (Å²) in [4.78, 5) is 0. The van der Waals surface area contributed by atoms with Gasteiger partial charge in [0.2, 0.25) is 0 Å². The summed E-state index contributed by atoms with van der Waals surface area (Å²) in [5.74, 6) is 0. The lowest BCUT2D eigenvalue weighted by Crippen LogP contribution is -2.57. The van der Waals surface area contributed by atoms with E-state index in [4.69, 9.17) is 9.47 Å². The molecule has 0 aliphatic carbocycles. The van der Waals surface area contributed by atoms with Crippen molar-refractivity contribution in [3.05, 3.63) is 0 Å². The first-order valence-electron chi connectivity index (χ1n) is 5.39. The normalized spacial score (nSPS) is 41.8. The smallest absolute Gasteiger partial charge is 0.183 e. The van der Waals surface area contributed by atoms with Gasteiger partial charge in [0.05, 0.1) is 6.10 Å². The molecule has 15 heavy (non-hydrogen) atoms. The predicted octanol–water partition coefficient (Wildman–Crippen LogP) is -0.369. The lowest BCUT2D eigenvalue weighted by atomic mass is 10.00. The zero-order valence-corrected chi connectivity index (χ0v) is 9.17. The first-order valence-corrected chi connectivity index (χ1v) is 5.39. The van der Waals surface area contributed by atoms with E-state index < -0.39 is 30.7 Å². The topological polar surface area (TPSA) is 79.2 Å². The Bertz CT molecular complexity index is 173. The average Bonchev–Trinajstić information content (AvgIpc) is 2.20. The van der Waals surface area contributed by atoms with E-state index in [0.717, 1.165) is 12.8 Å². The maximum atomic E-state index is 9.70. The van der Waals surface area contributed by atoms with Gasteiger partial charge in [-0.15, -0.1) is 0 Å². The van der Waals surface area contributed by atoms with Crippen molar-refractivity contribution < 1.29 is 24.8 Å². The fourth-order valence-corrected chi connectivity index (χ4v) is 1.57. The molecule has 90 valence electrons. The highest BCUT2D eigenvalue weighted by Crippen LogP contribution is 2.22. The summed E-state index contributed by atoms with van der Waals surface area (Å²) in [6.07, 6.45) is -2.83. The molecule has 0 aromatic carbocycles. The fourth-order valence-electron chi connectivity index (χ4n) is 1.57. The molecule has 1 fully saturated rings. The third-order valence-corrected chi connectivity index (χ3v) is 2.61. The number of ether oxygens (including phenoxy) is 2. The molecule has 0 aromatic heterocycles. The second-order valence-corrected chi connectivity index (χ2v) is 3.90. The number of unbranched alkanes of at least 4 members (excludes halogenated alkanes) is 1. The van der Waals surface area contributed by atoms with Gasteiger partial charge >= 0.3 is 0 Å². The summed E-state index contributed by atoms with van der Waals surface area (Å²) in [5, 5.41) is 28.6. The van der Waals surface area contributed by atoms with Crippen LogP contribution in [0, 0.1) is 0 Å². The van der Waals surface area contributed by atoms with Crippen molar-refractivity contribution >= 4 is 0 Å². The van der Waals surface area contributed by atoms with Crippen LogP contribution in [0.25, 0.3) is 0 Å². The lowest BCUT2D eigenvalue weighted by Gasteiger charge is -2.39. The number of hydrogen-bond donors (Lipinski definition) is 3. The van der Waals surface area contributed by atoms with Crippen LogP contribution in [0.3, 0.4) is 0 Å². The molecule has 1 aliphatic rings. The molecule has 5 nitrogen and oxygen atoms in total. The highest BCUT2D eigenvalue weighted by atomic mass is 16.6. The molecule has 0 spiro atoms. The first-order chi connectivity index (χ1) is 7.07. The van der Waals surface area contributed by atoms with Crippen LogP contribution >= 0.6 is 0 Å². The Morgan fingerprint density at radius 2 is 1.87 bits per heavy atom. The number of aliphatic hydroxyl groups is 3. The largest absolute Gasteiger partial charge is 0.388 e. The van der Waals surface area contributed by atoms with Crippen molar-refractivity contribution in [3.63, 3.8) is 0 Å². The Kier molecular flexibility index (Phi) is 4.95. The molecule has 0 radical (unpaired) electrons. The zero-order chi connectivity index (χ0) is 11.4. The van der Waals surface area contributed by atoms with Crippen molar-refractivity contribution in [1.29, 1.82) is 0 Å². The molecule has 3 N–H and O–H groups in total. The Hall–Kier alpha value is -0.200. The van der Waals surface area contributed by atoms with Crippen molar-refractivity contribution in [1.82, 2.24) is 0 Å². The second-order valence-electron chi connectivity index (χ2n) is 3.90. The minimum atomic E-state index is -1.28. The molecule has 1 saturated heterocycles. The molecule has 0 aromatic rings. The Morgan fingerprint density at radius 3 is 2.47 bits per heavy atom. The van der Waals surface area contributed by atoms with E-state index in [1.807, 2.05) is 6.92 Å². The summed E-state index contributed by atoms with van der Waals surface area (Å²) in [6.45, 7) is 4.13. The molecule has 0 bridgehead atoms. The predicted molar refractivity (Wildman–Crippen MR) is 53.2 cm³/mol. The third-order valence-electron chi connectivity index (χ3n) is 2.61. The quantitative estimate of drug-likeness (QED) is 0.563. The minimum absolute atomic E-state index is 0.467. The van der Waals surface area contributed by atoms with Crippen LogP contribution in [0.2, 0.25) is 0 Å². The molecule has 1 aliphatic heterocycles. The third kappa shape index (κ3) is 3.12. The van der Waals surface area contributed by atoms with Crippen molar-refractivity contribution in [2.24, 2.45) is 0 Å². The maximum absolute atomic E-state index is 9.70. The van der Waals surface area contributed by atoms with Crippen LogP contribution in [0.15, 0.2) is 0 Å². The van der Waals surface area contributed by atoms with E-state index in [0.29, 0.717) is 6.61 Å². The SMILES string of the molecule is CCCCO[C@@H]1[C@H](O)[C@H](C)O[C@@H](O)[C@H]1O. The first kappa shape index (κ1) is 12.9. The van der Waals surface area contributed by atoms with E-state index in [-0.39, 0.29) is 0 Å². The lowest BCUT2D eigenvalue weighted by molar-refractivity contribution is -0.286. The summed E-state index contributed by atoms with van der Waals surface area (Å²) >= 11 is 0.